The van der Waals surface area contributed by atoms with Crippen LogP contribution in [0.1, 0.15) is 25.7 Å². The van der Waals surface area contributed by atoms with E-state index in [2.05, 4.69) is 14.9 Å². The van der Waals surface area contributed by atoms with Gasteiger partial charge < -0.3 is 10.0 Å². The summed E-state index contributed by atoms with van der Waals surface area (Å²) >= 11 is 0. The molecule has 2 rings (SSSR count). The van der Waals surface area contributed by atoms with Gasteiger partial charge in [-0.25, -0.2) is 4.98 Å². The molecule has 5 nitrogen and oxygen atoms in total. The smallest absolute Gasteiger partial charge is 0.303 e. The van der Waals surface area contributed by atoms with Crippen LogP contribution in [0.2, 0.25) is 0 Å². The van der Waals surface area contributed by atoms with Gasteiger partial charge in [-0.2, -0.15) is 0 Å². The number of rotatable bonds is 4. The quantitative estimate of drug-likeness (QED) is 0.857. The first-order valence-electron chi connectivity index (χ1n) is 5.98. The fraction of sp³-hybridized carbons (Fsp3) is 0.583. The number of aliphatic carboxylic acids is 1. The number of hydrogen-bond donors (Lipinski definition) is 1. The molecule has 0 bridgehead atoms. The van der Waals surface area contributed by atoms with E-state index in [9.17, 15) is 4.79 Å². The van der Waals surface area contributed by atoms with Gasteiger partial charge >= 0.3 is 5.97 Å². The summed E-state index contributed by atoms with van der Waals surface area (Å²) in [7, 11) is 0. The number of anilines is 1. The third-order valence-electron chi connectivity index (χ3n) is 3.16. The van der Waals surface area contributed by atoms with Crippen LogP contribution in [0.3, 0.4) is 0 Å². The predicted octanol–water partition coefficient (Wildman–Crippen LogP) is 1.56. The average molecular weight is 235 g/mol. The molecule has 1 N–H and O–H groups in total. The van der Waals surface area contributed by atoms with Gasteiger partial charge in [0.1, 0.15) is 5.82 Å². The van der Waals surface area contributed by atoms with Gasteiger partial charge in [0, 0.05) is 31.9 Å². The second-order valence-corrected chi connectivity index (χ2v) is 4.45. The van der Waals surface area contributed by atoms with E-state index in [0.717, 1.165) is 38.2 Å². The molecule has 1 saturated heterocycles. The summed E-state index contributed by atoms with van der Waals surface area (Å²) < 4.78 is 0. The molecule has 0 amide bonds. The Kier molecular flexibility index (Phi) is 3.90. The molecular formula is C12H17N3O2. The SMILES string of the molecule is O=C(O)CCC1CCCN(c2cnccn2)C1. The summed E-state index contributed by atoms with van der Waals surface area (Å²) in [6.07, 6.45) is 8.35. The van der Waals surface area contributed by atoms with Gasteiger partial charge in [-0.3, -0.25) is 9.78 Å². The standard InChI is InChI=1S/C12H17N3O2/c16-12(17)4-3-10-2-1-7-15(9-10)11-8-13-5-6-14-11/h5-6,8,10H,1-4,7,9H2,(H,16,17). The third kappa shape index (κ3) is 3.41. The van der Waals surface area contributed by atoms with Crippen LogP contribution in [0.5, 0.6) is 0 Å². The lowest BCUT2D eigenvalue weighted by atomic mass is 9.93. The van der Waals surface area contributed by atoms with Crippen molar-refractivity contribution in [3.63, 3.8) is 0 Å². The van der Waals surface area contributed by atoms with E-state index in [1.54, 1.807) is 18.6 Å². The van der Waals surface area contributed by atoms with Crippen molar-refractivity contribution in [3.8, 4) is 0 Å². The van der Waals surface area contributed by atoms with Gasteiger partial charge in [-0.05, 0) is 25.2 Å². The van der Waals surface area contributed by atoms with E-state index in [0.29, 0.717) is 5.92 Å². The van der Waals surface area contributed by atoms with E-state index in [-0.39, 0.29) is 6.42 Å². The molecule has 0 aliphatic carbocycles. The Bertz CT molecular complexity index is 369. The van der Waals surface area contributed by atoms with Gasteiger partial charge in [0.25, 0.3) is 0 Å². The topological polar surface area (TPSA) is 66.3 Å². The van der Waals surface area contributed by atoms with Gasteiger partial charge in [-0.15, -0.1) is 0 Å². The largest absolute Gasteiger partial charge is 0.481 e. The van der Waals surface area contributed by atoms with Crippen LogP contribution in [0, 0.1) is 5.92 Å². The number of piperidine rings is 1. The lowest BCUT2D eigenvalue weighted by Gasteiger charge is -2.33. The van der Waals surface area contributed by atoms with E-state index in [4.69, 9.17) is 5.11 Å². The van der Waals surface area contributed by atoms with Crippen LogP contribution in [0.25, 0.3) is 0 Å². The molecule has 1 aromatic heterocycles. The van der Waals surface area contributed by atoms with Gasteiger partial charge in [0.05, 0.1) is 6.20 Å². The van der Waals surface area contributed by atoms with Gasteiger partial charge in [0.2, 0.25) is 0 Å². The van der Waals surface area contributed by atoms with Crippen molar-refractivity contribution >= 4 is 11.8 Å². The molecule has 0 aromatic carbocycles. The summed E-state index contributed by atoms with van der Waals surface area (Å²) in [6, 6.07) is 0. The Hall–Kier alpha value is -1.65. The molecule has 1 aliphatic heterocycles. The first-order chi connectivity index (χ1) is 8.25. The Labute approximate surface area is 100 Å². The van der Waals surface area contributed by atoms with Crippen LogP contribution in [-0.2, 0) is 4.79 Å². The third-order valence-corrected chi connectivity index (χ3v) is 3.16. The normalized spacial score (nSPS) is 20.2. The van der Waals surface area contributed by atoms with Crippen molar-refractivity contribution in [3.05, 3.63) is 18.6 Å². The summed E-state index contributed by atoms with van der Waals surface area (Å²) in [5, 5.41) is 8.69. The van der Waals surface area contributed by atoms with E-state index in [1.165, 1.54) is 0 Å². The highest BCUT2D eigenvalue weighted by Gasteiger charge is 2.21. The van der Waals surface area contributed by atoms with Crippen molar-refractivity contribution in [2.45, 2.75) is 25.7 Å². The highest BCUT2D eigenvalue weighted by Crippen LogP contribution is 2.23. The van der Waals surface area contributed by atoms with Gasteiger partial charge in [-0.1, -0.05) is 0 Å². The maximum absolute atomic E-state index is 10.6. The lowest BCUT2D eigenvalue weighted by Crippen LogP contribution is -2.36. The van der Waals surface area contributed by atoms with Crippen LogP contribution in [0.4, 0.5) is 5.82 Å². The summed E-state index contributed by atoms with van der Waals surface area (Å²) in [6.45, 7) is 1.88. The van der Waals surface area contributed by atoms with Crippen molar-refractivity contribution in [1.82, 2.24) is 9.97 Å². The molecule has 1 atom stereocenters. The predicted molar refractivity (Wildman–Crippen MR) is 63.8 cm³/mol. The molecular weight excluding hydrogens is 218 g/mol. The van der Waals surface area contributed by atoms with Crippen molar-refractivity contribution in [2.75, 3.05) is 18.0 Å². The van der Waals surface area contributed by atoms with Crippen molar-refractivity contribution in [2.24, 2.45) is 5.92 Å². The molecule has 5 heteroatoms. The monoisotopic (exact) mass is 235 g/mol. The number of nitrogens with zero attached hydrogens (tertiary/aromatic N) is 3. The van der Waals surface area contributed by atoms with Crippen molar-refractivity contribution < 1.29 is 9.90 Å². The molecule has 1 fully saturated rings. The number of aromatic nitrogens is 2. The molecule has 0 saturated carbocycles. The maximum atomic E-state index is 10.6. The van der Waals surface area contributed by atoms with Crippen LogP contribution in [-0.4, -0.2) is 34.1 Å². The fourth-order valence-corrected chi connectivity index (χ4v) is 2.29. The second kappa shape index (κ2) is 5.61. The fourth-order valence-electron chi connectivity index (χ4n) is 2.29. The zero-order valence-electron chi connectivity index (χ0n) is 9.75. The Morgan fingerprint density at radius 1 is 1.53 bits per heavy atom. The number of carboxylic acids is 1. The molecule has 0 spiro atoms. The van der Waals surface area contributed by atoms with Crippen LogP contribution >= 0.6 is 0 Å². The Balaban J connectivity index is 1.91. The molecule has 1 unspecified atom stereocenters. The minimum absolute atomic E-state index is 0.263. The summed E-state index contributed by atoms with van der Waals surface area (Å²) in [5.74, 6) is 0.649. The Morgan fingerprint density at radius 2 is 2.41 bits per heavy atom. The minimum atomic E-state index is -0.707. The molecule has 0 radical (unpaired) electrons. The zero-order valence-corrected chi connectivity index (χ0v) is 9.75. The van der Waals surface area contributed by atoms with E-state index >= 15 is 0 Å². The molecule has 1 aromatic rings. The highest BCUT2D eigenvalue weighted by atomic mass is 16.4. The molecule has 17 heavy (non-hydrogen) atoms. The van der Waals surface area contributed by atoms with E-state index in [1.807, 2.05) is 0 Å². The van der Waals surface area contributed by atoms with Crippen LogP contribution in [0.15, 0.2) is 18.6 Å². The zero-order chi connectivity index (χ0) is 12.1. The average Bonchev–Trinajstić information content (AvgIpc) is 2.38. The van der Waals surface area contributed by atoms with Gasteiger partial charge in [0.15, 0.2) is 0 Å². The molecule has 2 heterocycles. The first kappa shape index (κ1) is 11.8. The number of hydrogen-bond acceptors (Lipinski definition) is 4. The highest BCUT2D eigenvalue weighted by molar-refractivity contribution is 5.66. The molecule has 1 aliphatic rings. The van der Waals surface area contributed by atoms with Crippen molar-refractivity contribution in [1.29, 1.82) is 0 Å². The molecule has 92 valence electrons. The lowest BCUT2D eigenvalue weighted by molar-refractivity contribution is -0.137. The number of carbonyl (C=O) groups is 1. The summed E-state index contributed by atoms with van der Waals surface area (Å²) in [5.41, 5.74) is 0. The van der Waals surface area contributed by atoms with E-state index < -0.39 is 5.97 Å². The number of carboxylic acid groups (broad SMARTS) is 1. The second-order valence-electron chi connectivity index (χ2n) is 4.45. The minimum Gasteiger partial charge on any atom is -0.481 e. The van der Waals surface area contributed by atoms with Crippen LogP contribution < -0.4 is 4.90 Å². The maximum Gasteiger partial charge on any atom is 0.303 e. The summed E-state index contributed by atoms with van der Waals surface area (Å²) in [4.78, 5) is 21.1. The first-order valence-corrected chi connectivity index (χ1v) is 5.98. The Morgan fingerprint density at radius 3 is 3.12 bits per heavy atom.